The van der Waals surface area contributed by atoms with E-state index in [1.54, 1.807) is 11.3 Å². The third-order valence-electron chi connectivity index (χ3n) is 2.59. The molecule has 0 aliphatic rings. The fourth-order valence-electron chi connectivity index (χ4n) is 1.61. The normalized spacial score (nSPS) is 11.2. The van der Waals surface area contributed by atoms with Crippen molar-refractivity contribution in [3.8, 4) is 0 Å². The summed E-state index contributed by atoms with van der Waals surface area (Å²) in [6.07, 6.45) is 5.02. The number of aromatic nitrogens is 1. The van der Waals surface area contributed by atoms with Gasteiger partial charge in [0, 0.05) is 11.9 Å². The average molecular weight is 240 g/mol. The molecule has 0 aromatic carbocycles. The minimum atomic E-state index is 0.839. The van der Waals surface area contributed by atoms with Crippen LogP contribution in [0.15, 0.2) is 5.38 Å². The number of hydrogen-bond donors (Lipinski definition) is 1. The summed E-state index contributed by atoms with van der Waals surface area (Å²) >= 11 is 1.77. The average Bonchev–Trinajstić information content (AvgIpc) is 2.70. The molecule has 0 bridgehead atoms. The monoisotopic (exact) mass is 240 g/mol. The Labute approximate surface area is 103 Å². The minimum absolute atomic E-state index is 0.839. The molecule has 1 N–H and O–H groups in total. The number of thiazole rings is 1. The molecule has 0 amide bonds. The van der Waals surface area contributed by atoms with Crippen molar-refractivity contribution in [1.82, 2.24) is 10.3 Å². The van der Waals surface area contributed by atoms with E-state index >= 15 is 0 Å². The van der Waals surface area contributed by atoms with Crippen molar-refractivity contribution < 1.29 is 0 Å². The van der Waals surface area contributed by atoms with E-state index in [1.165, 1.54) is 30.0 Å². The van der Waals surface area contributed by atoms with Gasteiger partial charge in [-0.3, -0.25) is 0 Å². The largest absolute Gasteiger partial charge is 0.311 e. The van der Waals surface area contributed by atoms with Crippen LogP contribution < -0.4 is 5.32 Å². The van der Waals surface area contributed by atoms with Crippen molar-refractivity contribution in [1.29, 1.82) is 0 Å². The molecule has 1 rings (SSSR count). The van der Waals surface area contributed by atoms with Crippen LogP contribution in [0.3, 0.4) is 0 Å². The predicted octanol–water partition coefficient (Wildman–Crippen LogP) is 3.62. The predicted molar refractivity (Wildman–Crippen MR) is 71.9 cm³/mol. The molecule has 1 aromatic heterocycles. The van der Waals surface area contributed by atoms with E-state index < -0.39 is 0 Å². The number of aryl methyl sites for hydroxylation is 1. The Hall–Kier alpha value is -0.410. The van der Waals surface area contributed by atoms with Crippen molar-refractivity contribution in [2.75, 3.05) is 6.54 Å². The highest BCUT2D eigenvalue weighted by Gasteiger charge is 1.99. The van der Waals surface area contributed by atoms with Gasteiger partial charge in [0.05, 0.1) is 10.7 Å². The zero-order valence-electron chi connectivity index (χ0n) is 10.8. The Morgan fingerprint density at radius 1 is 1.38 bits per heavy atom. The molecule has 0 saturated carbocycles. The molecule has 92 valence electrons. The third-order valence-corrected chi connectivity index (χ3v) is 3.63. The highest BCUT2D eigenvalue weighted by atomic mass is 32.1. The Morgan fingerprint density at radius 2 is 2.19 bits per heavy atom. The van der Waals surface area contributed by atoms with E-state index in [2.05, 4.69) is 36.5 Å². The van der Waals surface area contributed by atoms with Crippen LogP contribution in [0.25, 0.3) is 0 Å². The highest BCUT2D eigenvalue weighted by Crippen LogP contribution is 2.10. The summed E-state index contributed by atoms with van der Waals surface area (Å²) in [5.74, 6) is 0.839. The second-order valence-electron chi connectivity index (χ2n) is 4.65. The maximum Gasteiger partial charge on any atom is 0.0926 e. The fourth-order valence-corrected chi connectivity index (χ4v) is 2.36. The lowest BCUT2D eigenvalue weighted by Gasteiger charge is -2.05. The second-order valence-corrected chi connectivity index (χ2v) is 5.60. The first-order valence-electron chi connectivity index (χ1n) is 6.36. The smallest absolute Gasteiger partial charge is 0.0926 e. The van der Waals surface area contributed by atoms with Gasteiger partial charge in [-0.2, -0.15) is 0 Å². The number of hydrogen-bond acceptors (Lipinski definition) is 3. The van der Waals surface area contributed by atoms with E-state index in [0.717, 1.165) is 25.4 Å². The van der Waals surface area contributed by atoms with Gasteiger partial charge in [0.2, 0.25) is 0 Å². The van der Waals surface area contributed by atoms with Gasteiger partial charge in [0.25, 0.3) is 0 Å². The van der Waals surface area contributed by atoms with Crippen molar-refractivity contribution in [3.63, 3.8) is 0 Å². The molecule has 0 atom stereocenters. The minimum Gasteiger partial charge on any atom is -0.311 e. The molecule has 3 heteroatoms. The van der Waals surface area contributed by atoms with E-state index in [9.17, 15) is 0 Å². The maximum atomic E-state index is 4.53. The molecule has 0 aliphatic carbocycles. The van der Waals surface area contributed by atoms with Crippen LogP contribution in [0, 0.1) is 5.92 Å². The second kappa shape index (κ2) is 7.80. The Bertz CT molecular complexity index is 281. The lowest BCUT2D eigenvalue weighted by Crippen LogP contribution is -2.15. The molecule has 0 fully saturated rings. The van der Waals surface area contributed by atoms with Crippen LogP contribution in [0.5, 0.6) is 0 Å². The lowest BCUT2D eigenvalue weighted by molar-refractivity contribution is 0.519. The molecular weight excluding hydrogens is 216 g/mol. The van der Waals surface area contributed by atoms with Crippen molar-refractivity contribution in [2.24, 2.45) is 5.92 Å². The quantitative estimate of drug-likeness (QED) is 0.702. The number of rotatable bonds is 8. The highest BCUT2D eigenvalue weighted by molar-refractivity contribution is 7.09. The van der Waals surface area contributed by atoms with Gasteiger partial charge in [0.1, 0.15) is 0 Å². The SMILES string of the molecule is CCc1nc(CNCCCCC(C)C)cs1. The van der Waals surface area contributed by atoms with Gasteiger partial charge >= 0.3 is 0 Å². The Balaban J connectivity index is 2.02. The molecule has 2 nitrogen and oxygen atoms in total. The summed E-state index contributed by atoms with van der Waals surface area (Å²) in [7, 11) is 0. The van der Waals surface area contributed by atoms with Crippen molar-refractivity contribution in [3.05, 3.63) is 16.1 Å². The summed E-state index contributed by atoms with van der Waals surface area (Å²) in [5.41, 5.74) is 1.20. The first kappa shape index (κ1) is 13.7. The van der Waals surface area contributed by atoms with E-state index in [0.29, 0.717) is 0 Å². The first-order valence-corrected chi connectivity index (χ1v) is 7.24. The molecular formula is C13H24N2S. The number of nitrogens with zero attached hydrogens (tertiary/aromatic N) is 1. The molecule has 0 unspecified atom stereocenters. The fraction of sp³-hybridized carbons (Fsp3) is 0.769. The summed E-state index contributed by atoms with van der Waals surface area (Å²) in [5, 5.41) is 6.87. The lowest BCUT2D eigenvalue weighted by atomic mass is 10.1. The van der Waals surface area contributed by atoms with Crippen LogP contribution in [0.4, 0.5) is 0 Å². The topological polar surface area (TPSA) is 24.9 Å². The zero-order chi connectivity index (χ0) is 11.8. The van der Waals surface area contributed by atoms with Gasteiger partial charge < -0.3 is 5.32 Å². The van der Waals surface area contributed by atoms with Gasteiger partial charge in [-0.1, -0.05) is 33.6 Å². The number of nitrogens with one attached hydrogen (secondary N) is 1. The van der Waals surface area contributed by atoms with E-state index in [1.807, 2.05) is 0 Å². The van der Waals surface area contributed by atoms with E-state index in [4.69, 9.17) is 0 Å². The van der Waals surface area contributed by atoms with Gasteiger partial charge in [-0.15, -0.1) is 11.3 Å². The van der Waals surface area contributed by atoms with Crippen LogP contribution in [0.2, 0.25) is 0 Å². The molecule has 0 saturated heterocycles. The van der Waals surface area contributed by atoms with Crippen LogP contribution in [-0.2, 0) is 13.0 Å². The van der Waals surface area contributed by atoms with Gasteiger partial charge in [0.15, 0.2) is 0 Å². The van der Waals surface area contributed by atoms with Crippen molar-refractivity contribution in [2.45, 2.75) is 53.0 Å². The number of unbranched alkanes of at least 4 members (excludes halogenated alkanes) is 1. The van der Waals surface area contributed by atoms with Crippen LogP contribution in [-0.4, -0.2) is 11.5 Å². The standard InChI is InChI=1S/C13H24N2S/c1-4-13-15-12(10-16-13)9-14-8-6-5-7-11(2)3/h10-11,14H,4-9H2,1-3H3. The summed E-state index contributed by atoms with van der Waals surface area (Å²) < 4.78 is 0. The van der Waals surface area contributed by atoms with Crippen molar-refractivity contribution >= 4 is 11.3 Å². The van der Waals surface area contributed by atoms with E-state index in [-0.39, 0.29) is 0 Å². The summed E-state index contributed by atoms with van der Waals surface area (Å²) in [6, 6.07) is 0. The molecule has 16 heavy (non-hydrogen) atoms. The van der Waals surface area contributed by atoms with Gasteiger partial charge in [-0.25, -0.2) is 4.98 Å². The maximum absolute atomic E-state index is 4.53. The van der Waals surface area contributed by atoms with Crippen LogP contribution >= 0.6 is 11.3 Å². The third kappa shape index (κ3) is 5.61. The Kier molecular flexibility index (Phi) is 6.65. The molecule has 1 aromatic rings. The molecule has 0 radical (unpaired) electrons. The molecule has 0 spiro atoms. The first-order chi connectivity index (χ1) is 7.72. The Morgan fingerprint density at radius 3 is 2.81 bits per heavy atom. The summed E-state index contributed by atoms with van der Waals surface area (Å²) in [6.45, 7) is 8.77. The zero-order valence-corrected chi connectivity index (χ0v) is 11.6. The van der Waals surface area contributed by atoms with Gasteiger partial charge in [-0.05, 0) is 25.3 Å². The summed E-state index contributed by atoms with van der Waals surface area (Å²) in [4.78, 5) is 4.53. The van der Waals surface area contributed by atoms with Crippen LogP contribution in [0.1, 0.15) is 50.7 Å². The molecule has 0 aliphatic heterocycles. The molecule has 1 heterocycles.